The van der Waals surface area contributed by atoms with Crippen LogP contribution >= 0.6 is 50.1 Å². The maximum absolute atomic E-state index is 9.95. The van der Waals surface area contributed by atoms with Gasteiger partial charge in [0.2, 0.25) is 0 Å². The van der Waals surface area contributed by atoms with E-state index in [1.54, 1.807) is 12.3 Å². The van der Waals surface area contributed by atoms with E-state index in [4.69, 9.17) is 11.6 Å². The topological polar surface area (TPSA) is 32.6 Å². The van der Waals surface area contributed by atoms with Crippen LogP contribution in [0.25, 0.3) is 0 Å². The number of nitrogens with zero attached hydrogens (tertiary/aromatic N) is 1. The Bertz CT molecular complexity index is 658. The first-order valence-electron chi connectivity index (χ1n) is 5.45. The molecule has 0 aromatic heterocycles. The van der Waals surface area contributed by atoms with Gasteiger partial charge in [0, 0.05) is 21.3 Å². The maximum Gasteiger partial charge on any atom is 0.137 e. The number of rotatable bonds is 2. The molecule has 0 unspecified atom stereocenters. The van der Waals surface area contributed by atoms with Gasteiger partial charge in [-0.15, -0.1) is 0 Å². The molecule has 0 spiro atoms. The van der Waals surface area contributed by atoms with Crippen LogP contribution in [0.15, 0.2) is 39.8 Å². The highest BCUT2D eigenvalue weighted by atomic mass is 127. The van der Waals surface area contributed by atoms with Gasteiger partial charge in [-0.3, -0.25) is 4.99 Å². The monoisotopic (exact) mass is 449 g/mol. The molecule has 2 nitrogen and oxygen atoms in total. The largest absolute Gasteiger partial charge is 0.506 e. The highest BCUT2D eigenvalue weighted by Gasteiger charge is 2.05. The fourth-order valence-electron chi connectivity index (χ4n) is 1.49. The third kappa shape index (κ3) is 3.70. The Kier molecular flexibility index (Phi) is 4.86. The van der Waals surface area contributed by atoms with Crippen molar-refractivity contribution < 1.29 is 5.11 Å². The van der Waals surface area contributed by atoms with Crippen molar-refractivity contribution in [2.24, 2.45) is 4.99 Å². The fraction of sp³-hybridized carbons (Fsp3) is 0.0714. The van der Waals surface area contributed by atoms with Gasteiger partial charge in [0.25, 0.3) is 0 Å². The molecule has 98 valence electrons. The van der Waals surface area contributed by atoms with E-state index in [1.807, 2.05) is 31.2 Å². The molecule has 2 aromatic rings. The second kappa shape index (κ2) is 6.24. The molecule has 0 atom stereocenters. The van der Waals surface area contributed by atoms with E-state index >= 15 is 0 Å². The van der Waals surface area contributed by atoms with Crippen LogP contribution in [0.2, 0.25) is 5.02 Å². The van der Waals surface area contributed by atoms with Crippen LogP contribution in [0.1, 0.15) is 11.1 Å². The van der Waals surface area contributed by atoms with E-state index < -0.39 is 0 Å². The molecule has 0 aliphatic rings. The Morgan fingerprint density at radius 1 is 1.32 bits per heavy atom. The number of benzene rings is 2. The lowest BCUT2D eigenvalue weighted by atomic mass is 10.2. The molecule has 0 aliphatic carbocycles. The molecule has 0 fully saturated rings. The van der Waals surface area contributed by atoms with Gasteiger partial charge < -0.3 is 5.11 Å². The molecular formula is C14H10BrClINO. The van der Waals surface area contributed by atoms with Gasteiger partial charge in [-0.1, -0.05) is 33.6 Å². The smallest absolute Gasteiger partial charge is 0.137 e. The summed E-state index contributed by atoms with van der Waals surface area (Å²) in [6.45, 7) is 1.94. The van der Waals surface area contributed by atoms with E-state index in [9.17, 15) is 5.11 Å². The summed E-state index contributed by atoms with van der Waals surface area (Å²) in [4.78, 5) is 4.33. The van der Waals surface area contributed by atoms with E-state index in [-0.39, 0.29) is 5.75 Å². The average molecular weight is 451 g/mol. The standard InChI is InChI=1S/C14H10BrClINO/c1-8-2-3-11(6-12(8)16)18-7-9-4-10(15)5-13(17)14(9)19/h2-7,19H,1H3. The minimum atomic E-state index is 0.228. The molecule has 0 amide bonds. The Hall–Kier alpha value is -0.590. The predicted octanol–water partition coefficient (Wildman–Crippen LogP) is 5.47. The van der Waals surface area contributed by atoms with Gasteiger partial charge >= 0.3 is 0 Å². The first-order valence-corrected chi connectivity index (χ1v) is 7.70. The number of phenolic OH excluding ortho intramolecular Hbond substituents is 1. The van der Waals surface area contributed by atoms with Crippen LogP contribution in [-0.2, 0) is 0 Å². The van der Waals surface area contributed by atoms with Crippen molar-refractivity contribution in [3.63, 3.8) is 0 Å². The molecule has 2 rings (SSSR count). The SMILES string of the molecule is Cc1ccc(N=Cc2cc(Br)cc(I)c2O)cc1Cl. The Morgan fingerprint density at radius 3 is 2.74 bits per heavy atom. The van der Waals surface area contributed by atoms with Crippen molar-refractivity contribution in [1.82, 2.24) is 0 Å². The number of halogens is 3. The third-order valence-electron chi connectivity index (χ3n) is 2.57. The molecule has 2 aromatic carbocycles. The second-order valence-corrected chi connectivity index (χ2v) is 6.50. The summed E-state index contributed by atoms with van der Waals surface area (Å²) >= 11 is 11.5. The minimum Gasteiger partial charge on any atom is -0.506 e. The molecule has 1 N–H and O–H groups in total. The maximum atomic E-state index is 9.95. The summed E-state index contributed by atoms with van der Waals surface area (Å²) in [7, 11) is 0. The second-order valence-electron chi connectivity index (χ2n) is 4.02. The van der Waals surface area contributed by atoms with Crippen LogP contribution in [0.3, 0.4) is 0 Å². The van der Waals surface area contributed by atoms with Crippen molar-refractivity contribution in [3.05, 3.63) is 54.5 Å². The van der Waals surface area contributed by atoms with Gasteiger partial charge in [-0.2, -0.15) is 0 Å². The van der Waals surface area contributed by atoms with E-state index in [1.165, 1.54) is 0 Å². The molecule has 0 bridgehead atoms. The van der Waals surface area contributed by atoms with Gasteiger partial charge in [0.05, 0.1) is 9.26 Å². The van der Waals surface area contributed by atoms with Crippen molar-refractivity contribution in [1.29, 1.82) is 0 Å². The third-order valence-corrected chi connectivity index (χ3v) is 4.25. The Morgan fingerprint density at radius 2 is 2.05 bits per heavy atom. The highest BCUT2D eigenvalue weighted by Crippen LogP contribution is 2.28. The van der Waals surface area contributed by atoms with Crippen molar-refractivity contribution in [2.75, 3.05) is 0 Å². The summed E-state index contributed by atoms with van der Waals surface area (Å²) in [5.74, 6) is 0.228. The lowest BCUT2D eigenvalue weighted by molar-refractivity contribution is 0.470. The number of aryl methyl sites for hydroxylation is 1. The molecular weight excluding hydrogens is 440 g/mol. The van der Waals surface area contributed by atoms with Gasteiger partial charge in [-0.25, -0.2) is 0 Å². The van der Waals surface area contributed by atoms with Crippen molar-refractivity contribution in [2.45, 2.75) is 6.92 Å². The van der Waals surface area contributed by atoms with Crippen LogP contribution in [-0.4, -0.2) is 11.3 Å². The highest BCUT2D eigenvalue weighted by molar-refractivity contribution is 14.1. The summed E-state index contributed by atoms with van der Waals surface area (Å²) in [5, 5.41) is 10.6. The average Bonchev–Trinajstić information content (AvgIpc) is 2.36. The zero-order valence-corrected chi connectivity index (χ0v) is 14.5. The summed E-state index contributed by atoms with van der Waals surface area (Å²) in [5.41, 5.74) is 2.43. The lowest BCUT2D eigenvalue weighted by Gasteiger charge is -2.03. The molecule has 0 saturated heterocycles. The van der Waals surface area contributed by atoms with Crippen LogP contribution in [0.5, 0.6) is 5.75 Å². The van der Waals surface area contributed by atoms with E-state index in [2.05, 4.69) is 43.5 Å². The molecule has 0 aliphatic heterocycles. The Balaban J connectivity index is 2.35. The summed E-state index contributed by atoms with van der Waals surface area (Å²) in [6.07, 6.45) is 1.63. The Labute approximate surface area is 138 Å². The quantitative estimate of drug-likeness (QED) is 0.478. The van der Waals surface area contributed by atoms with Gasteiger partial charge in [-0.05, 0) is 59.3 Å². The number of aromatic hydroxyl groups is 1. The molecule has 5 heteroatoms. The normalized spacial score (nSPS) is 11.2. The number of hydrogen-bond donors (Lipinski definition) is 1. The first kappa shape index (κ1) is 14.8. The molecule has 0 radical (unpaired) electrons. The number of hydrogen-bond acceptors (Lipinski definition) is 2. The predicted molar refractivity (Wildman–Crippen MR) is 92.0 cm³/mol. The summed E-state index contributed by atoms with van der Waals surface area (Å²) in [6, 6.07) is 9.26. The van der Waals surface area contributed by atoms with Crippen LogP contribution in [0.4, 0.5) is 5.69 Å². The molecule has 0 saturated carbocycles. The summed E-state index contributed by atoms with van der Waals surface area (Å²) < 4.78 is 1.67. The molecule has 0 heterocycles. The zero-order valence-electron chi connectivity index (χ0n) is 9.99. The molecule has 19 heavy (non-hydrogen) atoms. The van der Waals surface area contributed by atoms with Gasteiger partial charge in [0.1, 0.15) is 5.75 Å². The van der Waals surface area contributed by atoms with Crippen molar-refractivity contribution in [3.8, 4) is 5.75 Å². The van der Waals surface area contributed by atoms with E-state index in [0.717, 1.165) is 19.3 Å². The van der Waals surface area contributed by atoms with Crippen LogP contribution in [0, 0.1) is 10.5 Å². The van der Waals surface area contributed by atoms with Crippen molar-refractivity contribution >= 4 is 62.0 Å². The van der Waals surface area contributed by atoms with Gasteiger partial charge in [0.15, 0.2) is 0 Å². The van der Waals surface area contributed by atoms with Crippen LogP contribution < -0.4 is 0 Å². The fourth-order valence-corrected chi connectivity index (χ4v) is 3.22. The lowest BCUT2D eigenvalue weighted by Crippen LogP contribution is -1.86. The number of aliphatic imine (C=N–C) groups is 1. The number of phenols is 1. The minimum absolute atomic E-state index is 0.228. The first-order chi connectivity index (χ1) is 8.97. The zero-order chi connectivity index (χ0) is 14.0. The van der Waals surface area contributed by atoms with E-state index in [0.29, 0.717) is 10.6 Å².